The number of hydrogen-bond donors (Lipinski definition) is 1. The van der Waals surface area contributed by atoms with E-state index in [9.17, 15) is 0 Å². The quantitative estimate of drug-likeness (QED) is 0.527. The highest BCUT2D eigenvalue weighted by Gasteiger charge is 2.14. The fourth-order valence-corrected chi connectivity index (χ4v) is 2.97. The third-order valence-electron chi connectivity index (χ3n) is 3.60. The van der Waals surface area contributed by atoms with Crippen LogP contribution in [0.25, 0.3) is 0 Å². The molecule has 0 aliphatic heterocycles. The second kappa shape index (κ2) is 11.3. The highest BCUT2D eigenvalue weighted by atomic mass is 79.9. The van der Waals surface area contributed by atoms with E-state index in [1.54, 1.807) is 0 Å². The van der Waals surface area contributed by atoms with Crippen molar-refractivity contribution in [1.82, 2.24) is 10.3 Å². The smallest absolute Gasteiger partial charge is 0.0714 e. The van der Waals surface area contributed by atoms with Crippen molar-refractivity contribution >= 4 is 15.9 Å². The van der Waals surface area contributed by atoms with Gasteiger partial charge in [-0.3, -0.25) is 4.98 Å². The molecule has 1 heterocycles. The minimum atomic E-state index is 0.386. The molecular weight excluding hydrogens is 312 g/mol. The molecule has 0 aliphatic rings. The van der Waals surface area contributed by atoms with Gasteiger partial charge in [0.2, 0.25) is 0 Å². The van der Waals surface area contributed by atoms with Gasteiger partial charge in [-0.25, -0.2) is 0 Å². The Labute approximate surface area is 132 Å². The Morgan fingerprint density at radius 3 is 2.55 bits per heavy atom. The fraction of sp³-hybridized carbons (Fsp3) is 0.706. The first-order valence-corrected chi connectivity index (χ1v) is 8.92. The van der Waals surface area contributed by atoms with Crippen molar-refractivity contribution in [1.29, 1.82) is 0 Å². The minimum Gasteiger partial charge on any atom is -0.309 e. The summed E-state index contributed by atoms with van der Waals surface area (Å²) in [5.74, 6) is 0. The van der Waals surface area contributed by atoms with Crippen LogP contribution < -0.4 is 5.32 Å². The van der Waals surface area contributed by atoms with E-state index in [4.69, 9.17) is 0 Å². The molecule has 0 radical (unpaired) electrons. The predicted octanol–water partition coefficient (Wildman–Crippen LogP) is 5.64. The van der Waals surface area contributed by atoms with Gasteiger partial charge in [0.1, 0.15) is 0 Å². The van der Waals surface area contributed by atoms with E-state index in [1.165, 1.54) is 44.9 Å². The van der Waals surface area contributed by atoms with Gasteiger partial charge in [0.15, 0.2) is 0 Å². The largest absolute Gasteiger partial charge is 0.309 e. The van der Waals surface area contributed by atoms with Crippen molar-refractivity contribution in [3.8, 4) is 0 Å². The van der Waals surface area contributed by atoms with Gasteiger partial charge in [-0.15, -0.1) is 0 Å². The predicted molar refractivity (Wildman–Crippen MR) is 91.0 cm³/mol. The number of unbranched alkanes of at least 4 members (excludes halogenated alkanes) is 5. The molecule has 20 heavy (non-hydrogen) atoms. The second-order valence-electron chi connectivity index (χ2n) is 5.43. The molecular formula is C17H29BrN2. The number of rotatable bonds is 11. The van der Waals surface area contributed by atoms with Crippen LogP contribution in [-0.2, 0) is 0 Å². The third-order valence-corrected chi connectivity index (χ3v) is 4.27. The summed E-state index contributed by atoms with van der Waals surface area (Å²) in [6.07, 6.45) is 12.3. The lowest BCUT2D eigenvalue weighted by atomic mass is 10.0. The molecule has 1 aromatic heterocycles. The lowest BCUT2D eigenvalue weighted by molar-refractivity contribution is 0.457. The van der Waals surface area contributed by atoms with Crippen molar-refractivity contribution in [2.75, 3.05) is 6.54 Å². The first kappa shape index (κ1) is 17.6. The highest BCUT2D eigenvalue weighted by molar-refractivity contribution is 9.10. The number of aromatic nitrogens is 1. The Hall–Kier alpha value is -0.410. The van der Waals surface area contributed by atoms with Gasteiger partial charge in [0.25, 0.3) is 0 Å². The Morgan fingerprint density at radius 2 is 1.85 bits per heavy atom. The van der Waals surface area contributed by atoms with Crippen LogP contribution >= 0.6 is 15.9 Å². The van der Waals surface area contributed by atoms with Crippen LogP contribution in [-0.4, -0.2) is 11.5 Å². The molecule has 1 N–H and O–H groups in total. The first-order chi connectivity index (χ1) is 9.79. The molecule has 3 heteroatoms. The molecule has 1 atom stereocenters. The number of nitrogens with zero attached hydrogens (tertiary/aromatic N) is 1. The number of pyridine rings is 1. The first-order valence-electron chi connectivity index (χ1n) is 8.13. The molecule has 0 saturated heterocycles. The lowest BCUT2D eigenvalue weighted by Gasteiger charge is -2.19. The maximum atomic E-state index is 4.55. The van der Waals surface area contributed by atoms with Gasteiger partial charge >= 0.3 is 0 Å². The van der Waals surface area contributed by atoms with E-state index >= 15 is 0 Å². The Morgan fingerprint density at radius 1 is 1.10 bits per heavy atom. The van der Waals surface area contributed by atoms with Crippen molar-refractivity contribution in [2.24, 2.45) is 0 Å². The fourth-order valence-electron chi connectivity index (χ4n) is 2.44. The van der Waals surface area contributed by atoms with Crippen LogP contribution in [0.15, 0.2) is 22.8 Å². The summed E-state index contributed by atoms with van der Waals surface area (Å²) in [6.45, 7) is 5.54. The van der Waals surface area contributed by atoms with Gasteiger partial charge in [-0.2, -0.15) is 0 Å². The molecule has 1 rings (SSSR count). The summed E-state index contributed by atoms with van der Waals surface area (Å²) in [7, 11) is 0. The Bertz CT molecular complexity index is 355. The molecule has 0 amide bonds. The van der Waals surface area contributed by atoms with Gasteiger partial charge in [0.05, 0.1) is 11.7 Å². The van der Waals surface area contributed by atoms with Crippen molar-refractivity contribution in [3.63, 3.8) is 0 Å². The third kappa shape index (κ3) is 6.85. The summed E-state index contributed by atoms with van der Waals surface area (Å²) in [5.41, 5.74) is 1.16. The van der Waals surface area contributed by atoms with Crippen molar-refractivity contribution in [3.05, 3.63) is 28.5 Å². The van der Waals surface area contributed by atoms with Crippen LogP contribution in [0, 0.1) is 0 Å². The summed E-state index contributed by atoms with van der Waals surface area (Å²) in [4.78, 5) is 4.55. The molecule has 0 spiro atoms. The van der Waals surface area contributed by atoms with Crippen LogP contribution in [0.2, 0.25) is 0 Å². The summed E-state index contributed by atoms with van der Waals surface area (Å²) < 4.78 is 1.12. The summed E-state index contributed by atoms with van der Waals surface area (Å²) in [6, 6.07) is 4.45. The van der Waals surface area contributed by atoms with Gasteiger partial charge in [-0.1, -0.05) is 52.4 Å². The Kier molecular flexibility index (Phi) is 9.94. The Balaban J connectivity index is 2.42. The molecule has 0 fully saturated rings. The topological polar surface area (TPSA) is 24.9 Å². The van der Waals surface area contributed by atoms with Crippen LogP contribution in [0.4, 0.5) is 0 Å². The minimum absolute atomic E-state index is 0.386. The standard InChI is InChI=1S/C17H29BrN2/c1-3-5-6-7-8-9-12-16(19-13-4-2)17-15(18)11-10-14-20-17/h10-11,14,16,19H,3-9,12-13H2,1-2H3. The average Bonchev–Trinajstić information content (AvgIpc) is 2.47. The zero-order valence-corrected chi connectivity index (χ0v) is 14.6. The van der Waals surface area contributed by atoms with E-state index in [0.717, 1.165) is 23.1 Å². The molecule has 2 nitrogen and oxygen atoms in total. The number of hydrogen-bond acceptors (Lipinski definition) is 2. The molecule has 0 aromatic carbocycles. The summed E-state index contributed by atoms with van der Waals surface area (Å²) in [5, 5.41) is 3.64. The highest BCUT2D eigenvalue weighted by Crippen LogP contribution is 2.25. The zero-order valence-electron chi connectivity index (χ0n) is 13.0. The molecule has 1 aromatic rings. The second-order valence-corrected chi connectivity index (χ2v) is 6.29. The average molecular weight is 341 g/mol. The summed E-state index contributed by atoms with van der Waals surface area (Å²) >= 11 is 3.63. The van der Waals surface area contributed by atoms with Crippen LogP contribution in [0.5, 0.6) is 0 Å². The number of halogens is 1. The molecule has 0 aliphatic carbocycles. The van der Waals surface area contributed by atoms with Gasteiger partial charge in [-0.05, 0) is 47.4 Å². The van der Waals surface area contributed by atoms with E-state index < -0.39 is 0 Å². The maximum Gasteiger partial charge on any atom is 0.0714 e. The molecule has 1 unspecified atom stereocenters. The number of nitrogens with one attached hydrogen (secondary N) is 1. The molecule has 0 saturated carbocycles. The molecule has 114 valence electrons. The van der Waals surface area contributed by atoms with E-state index in [1.807, 2.05) is 12.3 Å². The van der Waals surface area contributed by atoms with E-state index in [-0.39, 0.29) is 0 Å². The normalized spacial score (nSPS) is 12.6. The zero-order chi connectivity index (χ0) is 14.6. The van der Waals surface area contributed by atoms with E-state index in [0.29, 0.717) is 6.04 Å². The monoisotopic (exact) mass is 340 g/mol. The van der Waals surface area contributed by atoms with Crippen LogP contribution in [0.1, 0.15) is 76.9 Å². The van der Waals surface area contributed by atoms with Crippen molar-refractivity contribution < 1.29 is 0 Å². The van der Waals surface area contributed by atoms with E-state index in [2.05, 4.69) is 46.1 Å². The maximum absolute atomic E-state index is 4.55. The van der Waals surface area contributed by atoms with Gasteiger partial charge < -0.3 is 5.32 Å². The molecule has 0 bridgehead atoms. The lowest BCUT2D eigenvalue weighted by Crippen LogP contribution is -2.23. The SMILES string of the molecule is CCCCCCCCC(NCCC)c1ncccc1Br. The van der Waals surface area contributed by atoms with Crippen LogP contribution in [0.3, 0.4) is 0 Å². The van der Waals surface area contributed by atoms with Crippen molar-refractivity contribution in [2.45, 2.75) is 71.3 Å². The van der Waals surface area contributed by atoms with Gasteiger partial charge in [0, 0.05) is 10.7 Å².